The van der Waals surface area contributed by atoms with Crippen LogP contribution in [0, 0.1) is 5.41 Å². The molecule has 2 fully saturated rings. The largest absolute Gasteiger partial charge is 0.342 e. The maximum Gasteiger partial charge on any atom is 0.227 e. The van der Waals surface area contributed by atoms with E-state index in [1.165, 1.54) is 19.3 Å². The van der Waals surface area contributed by atoms with Crippen molar-refractivity contribution in [2.24, 2.45) is 5.41 Å². The second-order valence-electron chi connectivity index (χ2n) is 6.68. The summed E-state index contributed by atoms with van der Waals surface area (Å²) in [6.07, 6.45) is 4.09. The summed E-state index contributed by atoms with van der Waals surface area (Å²) >= 11 is 5.99. The third-order valence-corrected chi connectivity index (χ3v) is 5.32. The maximum absolute atomic E-state index is 12.5. The van der Waals surface area contributed by atoms with Crippen LogP contribution in [0.2, 0.25) is 5.02 Å². The molecule has 0 aromatic heterocycles. The maximum atomic E-state index is 12.5. The minimum absolute atomic E-state index is 0.244. The lowest BCUT2D eigenvalue weighted by Crippen LogP contribution is -2.40. The molecule has 2 saturated heterocycles. The van der Waals surface area contributed by atoms with Crippen molar-refractivity contribution < 1.29 is 4.79 Å². The number of benzene rings is 1. The van der Waals surface area contributed by atoms with E-state index in [1.54, 1.807) is 0 Å². The molecular weight excluding hydrogens is 284 g/mol. The number of amides is 1. The van der Waals surface area contributed by atoms with Crippen LogP contribution in [0.15, 0.2) is 24.3 Å². The molecule has 0 saturated carbocycles. The molecule has 114 valence electrons. The summed E-state index contributed by atoms with van der Waals surface area (Å²) in [6.45, 7) is 4.19. The van der Waals surface area contributed by atoms with Crippen molar-refractivity contribution in [3.8, 4) is 0 Å². The summed E-state index contributed by atoms with van der Waals surface area (Å²) < 4.78 is 0. The first kappa shape index (κ1) is 14.9. The number of piperidine rings is 1. The van der Waals surface area contributed by atoms with Gasteiger partial charge in [-0.25, -0.2) is 0 Å². The number of carbonyl (C=O) groups excluding carboxylic acids is 1. The van der Waals surface area contributed by atoms with E-state index in [4.69, 9.17) is 11.6 Å². The Bertz CT molecular complexity index is 523. The Morgan fingerprint density at radius 2 is 1.95 bits per heavy atom. The molecule has 0 radical (unpaired) electrons. The molecule has 4 heteroatoms. The minimum Gasteiger partial charge on any atom is -0.342 e. The van der Waals surface area contributed by atoms with Crippen molar-refractivity contribution in [3.05, 3.63) is 34.9 Å². The van der Waals surface area contributed by atoms with E-state index < -0.39 is 0 Å². The van der Waals surface area contributed by atoms with Gasteiger partial charge in [0.25, 0.3) is 0 Å². The highest BCUT2D eigenvalue weighted by atomic mass is 35.5. The molecule has 0 unspecified atom stereocenters. The van der Waals surface area contributed by atoms with Gasteiger partial charge in [-0.1, -0.05) is 23.7 Å². The third kappa shape index (κ3) is 3.41. The average Bonchev–Trinajstić information content (AvgIpc) is 2.87. The van der Waals surface area contributed by atoms with Crippen LogP contribution in [-0.4, -0.2) is 48.9 Å². The number of likely N-dealkylation sites (tertiary alicyclic amines) is 2. The second kappa shape index (κ2) is 5.98. The van der Waals surface area contributed by atoms with E-state index in [1.807, 2.05) is 24.3 Å². The zero-order chi connectivity index (χ0) is 14.9. The Morgan fingerprint density at radius 3 is 2.67 bits per heavy atom. The first-order valence-corrected chi connectivity index (χ1v) is 8.15. The molecule has 3 rings (SSSR count). The highest BCUT2D eigenvalue weighted by Gasteiger charge is 2.41. The summed E-state index contributed by atoms with van der Waals surface area (Å²) in [5.41, 5.74) is 1.40. The number of rotatable bonds is 2. The fourth-order valence-electron chi connectivity index (χ4n) is 3.58. The van der Waals surface area contributed by atoms with Gasteiger partial charge in [0, 0.05) is 18.1 Å². The summed E-state index contributed by atoms with van der Waals surface area (Å²) in [5.74, 6) is 0.244. The van der Waals surface area contributed by atoms with Crippen LogP contribution < -0.4 is 0 Å². The standard InChI is InChI=1S/C17H23ClN2O/c1-19-8-5-17(6-9-19)7-10-20(13-17)16(21)12-14-3-2-4-15(18)11-14/h2-4,11H,5-10,12-13H2,1H3. The van der Waals surface area contributed by atoms with Gasteiger partial charge in [0.1, 0.15) is 0 Å². The Balaban J connectivity index is 1.59. The third-order valence-electron chi connectivity index (χ3n) is 5.08. The van der Waals surface area contributed by atoms with Gasteiger partial charge in [0.2, 0.25) is 5.91 Å². The zero-order valence-electron chi connectivity index (χ0n) is 12.6. The van der Waals surface area contributed by atoms with Crippen molar-refractivity contribution in [1.82, 2.24) is 9.80 Å². The highest BCUT2D eigenvalue weighted by Crippen LogP contribution is 2.40. The van der Waals surface area contributed by atoms with Crippen LogP contribution in [0.25, 0.3) is 0 Å². The Kier molecular flexibility index (Phi) is 4.23. The van der Waals surface area contributed by atoms with Crippen molar-refractivity contribution in [2.75, 3.05) is 33.2 Å². The van der Waals surface area contributed by atoms with Crippen LogP contribution >= 0.6 is 11.6 Å². The van der Waals surface area contributed by atoms with E-state index in [9.17, 15) is 4.79 Å². The molecule has 1 aromatic carbocycles. The molecule has 21 heavy (non-hydrogen) atoms. The van der Waals surface area contributed by atoms with Crippen molar-refractivity contribution in [2.45, 2.75) is 25.7 Å². The summed E-state index contributed by atoms with van der Waals surface area (Å²) in [6, 6.07) is 7.62. The Hall–Kier alpha value is -1.06. The minimum atomic E-state index is 0.244. The Morgan fingerprint density at radius 1 is 1.24 bits per heavy atom. The number of carbonyl (C=O) groups is 1. The van der Waals surface area contributed by atoms with E-state index in [2.05, 4.69) is 16.8 Å². The first-order valence-electron chi connectivity index (χ1n) is 7.77. The Labute approximate surface area is 131 Å². The van der Waals surface area contributed by atoms with Crippen LogP contribution in [0.1, 0.15) is 24.8 Å². The average molecular weight is 307 g/mol. The summed E-state index contributed by atoms with van der Waals surface area (Å²) in [4.78, 5) is 16.9. The number of hydrogen-bond donors (Lipinski definition) is 0. The van der Waals surface area contributed by atoms with Gasteiger partial charge in [0.05, 0.1) is 6.42 Å². The molecule has 1 amide bonds. The molecule has 1 aromatic rings. The van der Waals surface area contributed by atoms with E-state index in [0.717, 1.165) is 31.7 Å². The summed E-state index contributed by atoms with van der Waals surface area (Å²) in [5, 5.41) is 0.702. The lowest BCUT2D eigenvalue weighted by Gasteiger charge is -2.37. The quantitative estimate of drug-likeness (QED) is 0.839. The molecule has 0 aliphatic carbocycles. The van der Waals surface area contributed by atoms with Gasteiger partial charge < -0.3 is 9.80 Å². The number of nitrogens with zero attached hydrogens (tertiary/aromatic N) is 2. The fraction of sp³-hybridized carbons (Fsp3) is 0.588. The number of hydrogen-bond acceptors (Lipinski definition) is 2. The van der Waals surface area contributed by atoms with Gasteiger partial charge in [-0.05, 0) is 62.5 Å². The van der Waals surface area contributed by atoms with Gasteiger partial charge in [-0.2, -0.15) is 0 Å². The van der Waals surface area contributed by atoms with E-state index in [-0.39, 0.29) is 5.91 Å². The second-order valence-corrected chi connectivity index (χ2v) is 7.11. The molecule has 0 N–H and O–H groups in total. The van der Waals surface area contributed by atoms with Gasteiger partial charge in [0.15, 0.2) is 0 Å². The van der Waals surface area contributed by atoms with E-state index >= 15 is 0 Å². The molecular formula is C17H23ClN2O. The zero-order valence-corrected chi connectivity index (χ0v) is 13.4. The van der Waals surface area contributed by atoms with Crippen LogP contribution in [0.5, 0.6) is 0 Å². The van der Waals surface area contributed by atoms with Gasteiger partial charge in [-0.3, -0.25) is 4.79 Å². The summed E-state index contributed by atoms with van der Waals surface area (Å²) in [7, 11) is 2.18. The molecule has 2 aliphatic rings. The molecule has 1 spiro atoms. The predicted molar refractivity (Wildman–Crippen MR) is 85.5 cm³/mol. The predicted octanol–water partition coefficient (Wildman–Crippen LogP) is 2.83. The molecule has 2 aliphatic heterocycles. The highest BCUT2D eigenvalue weighted by molar-refractivity contribution is 6.30. The van der Waals surface area contributed by atoms with Crippen molar-refractivity contribution in [1.29, 1.82) is 0 Å². The molecule has 0 atom stereocenters. The topological polar surface area (TPSA) is 23.6 Å². The van der Waals surface area contributed by atoms with Crippen molar-refractivity contribution >= 4 is 17.5 Å². The lowest BCUT2D eigenvalue weighted by atomic mass is 9.78. The SMILES string of the molecule is CN1CCC2(CC1)CCN(C(=O)Cc1cccc(Cl)c1)C2. The normalized spacial score (nSPS) is 21.9. The number of halogens is 1. The van der Waals surface area contributed by atoms with Crippen LogP contribution in [0.3, 0.4) is 0 Å². The van der Waals surface area contributed by atoms with E-state index in [0.29, 0.717) is 16.9 Å². The van der Waals surface area contributed by atoms with Crippen LogP contribution in [-0.2, 0) is 11.2 Å². The molecule has 0 bridgehead atoms. The van der Waals surface area contributed by atoms with Crippen LogP contribution in [0.4, 0.5) is 0 Å². The van der Waals surface area contributed by atoms with Gasteiger partial charge >= 0.3 is 0 Å². The lowest BCUT2D eigenvalue weighted by molar-refractivity contribution is -0.130. The molecule has 3 nitrogen and oxygen atoms in total. The fourth-order valence-corrected chi connectivity index (χ4v) is 3.80. The smallest absolute Gasteiger partial charge is 0.227 e. The van der Waals surface area contributed by atoms with Gasteiger partial charge in [-0.15, -0.1) is 0 Å². The monoisotopic (exact) mass is 306 g/mol. The first-order chi connectivity index (χ1) is 10.1. The molecule has 2 heterocycles. The van der Waals surface area contributed by atoms with Crippen molar-refractivity contribution in [3.63, 3.8) is 0 Å².